The summed E-state index contributed by atoms with van der Waals surface area (Å²) in [5, 5.41) is 4.19. The lowest BCUT2D eigenvalue weighted by Crippen LogP contribution is -2.53. The Morgan fingerprint density at radius 2 is 1.83 bits per heavy atom. The summed E-state index contributed by atoms with van der Waals surface area (Å²) in [5.41, 5.74) is 7.96. The molecule has 3 N–H and O–H groups in total. The van der Waals surface area contributed by atoms with Crippen molar-refractivity contribution in [1.29, 1.82) is 0 Å². The molecule has 0 spiro atoms. The monoisotopic (exact) mass is 459 g/mol. The number of rotatable bonds is 4. The number of benzene rings is 1. The highest BCUT2D eigenvalue weighted by Gasteiger charge is 2.40. The van der Waals surface area contributed by atoms with Crippen LogP contribution in [-0.2, 0) is 6.42 Å². The van der Waals surface area contributed by atoms with Gasteiger partial charge in [0.2, 0.25) is 0 Å². The van der Waals surface area contributed by atoms with E-state index in [9.17, 15) is 9.18 Å². The maximum Gasteiger partial charge on any atom is 0.263 e. The summed E-state index contributed by atoms with van der Waals surface area (Å²) in [6, 6.07) is 6.96. The molecule has 4 nitrogen and oxygen atoms in total. The molecule has 2 aliphatic rings. The number of thiazole rings is 1. The molecule has 0 aliphatic heterocycles. The first-order valence-corrected chi connectivity index (χ1v) is 10.6. The minimum Gasteiger partial charge on any atom is -0.348 e. The second kappa shape index (κ2) is 10.2. The van der Waals surface area contributed by atoms with Gasteiger partial charge in [0.15, 0.2) is 0 Å². The normalized spacial score (nSPS) is 25.5. The van der Waals surface area contributed by atoms with Crippen molar-refractivity contribution < 1.29 is 9.18 Å². The Morgan fingerprint density at radius 3 is 2.45 bits per heavy atom. The van der Waals surface area contributed by atoms with Gasteiger partial charge in [0.05, 0.1) is 10.7 Å². The molecule has 2 atom stereocenters. The van der Waals surface area contributed by atoms with Crippen molar-refractivity contribution >= 4 is 42.1 Å². The Bertz CT molecular complexity index is 816. The first-order valence-electron chi connectivity index (χ1n) is 9.77. The number of aryl methyl sites for hydroxylation is 1. The number of aromatic nitrogens is 1. The Balaban J connectivity index is 0.00000150. The quantitative estimate of drug-likeness (QED) is 0.698. The lowest BCUT2D eigenvalue weighted by molar-refractivity contribution is 0.0759. The van der Waals surface area contributed by atoms with Crippen LogP contribution < -0.4 is 11.1 Å². The van der Waals surface area contributed by atoms with Crippen molar-refractivity contribution in [3.63, 3.8) is 0 Å². The highest BCUT2D eigenvalue weighted by Crippen LogP contribution is 2.40. The van der Waals surface area contributed by atoms with Crippen molar-refractivity contribution in [2.45, 2.75) is 57.5 Å². The van der Waals surface area contributed by atoms with Gasteiger partial charge in [-0.1, -0.05) is 18.6 Å². The highest BCUT2D eigenvalue weighted by atomic mass is 35.5. The molecule has 1 amide bonds. The maximum atomic E-state index is 13.1. The molecule has 1 aromatic heterocycles. The lowest BCUT2D eigenvalue weighted by Gasteiger charge is -2.45. The van der Waals surface area contributed by atoms with Crippen LogP contribution in [0.1, 0.15) is 58.0 Å². The zero-order valence-electron chi connectivity index (χ0n) is 16.4. The predicted molar refractivity (Wildman–Crippen MR) is 120 cm³/mol. The van der Waals surface area contributed by atoms with Gasteiger partial charge >= 0.3 is 0 Å². The third-order valence-electron chi connectivity index (χ3n) is 5.99. The van der Waals surface area contributed by atoms with E-state index in [1.165, 1.54) is 29.9 Å². The smallest absolute Gasteiger partial charge is 0.263 e. The molecule has 2 aromatic rings. The Kier molecular flexibility index (Phi) is 8.47. The first kappa shape index (κ1) is 24.1. The Hall–Kier alpha value is -1.21. The molecule has 4 rings (SSSR count). The summed E-state index contributed by atoms with van der Waals surface area (Å²) in [5.74, 6) is 0.756. The van der Waals surface area contributed by atoms with Gasteiger partial charge in [-0.25, -0.2) is 9.37 Å². The van der Waals surface area contributed by atoms with Gasteiger partial charge in [-0.05, 0) is 62.1 Å². The maximum absolute atomic E-state index is 13.1. The summed E-state index contributed by atoms with van der Waals surface area (Å²) in [6.45, 7) is 1.89. The molecule has 1 heterocycles. The van der Waals surface area contributed by atoms with Gasteiger partial charge in [0.25, 0.3) is 5.91 Å². The van der Waals surface area contributed by atoms with Gasteiger partial charge in [0.1, 0.15) is 10.7 Å². The van der Waals surface area contributed by atoms with Crippen molar-refractivity contribution in [3.8, 4) is 0 Å². The van der Waals surface area contributed by atoms with Crippen molar-refractivity contribution in [2.75, 3.05) is 0 Å². The third-order valence-corrected chi connectivity index (χ3v) is 7.15. The van der Waals surface area contributed by atoms with E-state index in [0.717, 1.165) is 41.9 Å². The van der Waals surface area contributed by atoms with Crippen LogP contribution in [0.15, 0.2) is 24.3 Å². The Labute approximate surface area is 187 Å². The molecule has 8 heteroatoms. The van der Waals surface area contributed by atoms with Crippen LogP contribution in [0.2, 0.25) is 0 Å². The molecule has 2 aliphatic carbocycles. The van der Waals surface area contributed by atoms with Crippen LogP contribution in [0.25, 0.3) is 0 Å². The number of fused-ring (bicyclic) bond motifs is 2. The average Bonchev–Trinajstić information content (AvgIpc) is 2.98. The molecule has 1 aromatic carbocycles. The average molecular weight is 460 g/mol. The van der Waals surface area contributed by atoms with Gasteiger partial charge < -0.3 is 11.1 Å². The van der Waals surface area contributed by atoms with Gasteiger partial charge in [-0.2, -0.15) is 0 Å². The number of amides is 1. The van der Waals surface area contributed by atoms with E-state index < -0.39 is 0 Å². The SMILES string of the molecule is Cc1nc(Cc2ccc(F)cc2)sc1C(=O)NC1C2CCCC1CC(N)C2.Cl.Cl. The molecular weight excluding hydrogens is 432 g/mol. The second-order valence-electron chi connectivity index (χ2n) is 8.01. The molecule has 0 saturated heterocycles. The predicted octanol–water partition coefficient (Wildman–Crippen LogP) is 4.66. The van der Waals surface area contributed by atoms with Gasteiger partial charge in [-0.3, -0.25) is 4.79 Å². The fourth-order valence-corrected chi connectivity index (χ4v) is 5.76. The standard InChI is InChI=1S/C21H26FN3OS.2ClH/c1-12-20(27-18(24-12)9-13-5-7-16(22)8-6-13)21(26)25-19-14-3-2-4-15(19)11-17(23)10-14;;/h5-8,14-15,17,19H,2-4,9-11,23H2,1H3,(H,25,26);2*1H. The van der Waals surface area contributed by atoms with E-state index in [4.69, 9.17) is 5.73 Å². The summed E-state index contributed by atoms with van der Waals surface area (Å²) in [4.78, 5) is 18.2. The van der Waals surface area contributed by atoms with Crippen molar-refractivity contribution in [1.82, 2.24) is 10.3 Å². The van der Waals surface area contributed by atoms with E-state index in [-0.39, 0.29) is 48.6 Å². The second-order valence-corrected chi connectivity index (χ2v) is 9.09. The van der Waals surface area contributed by atoms with E-state index in [0.29, 0.717) is 23.1 Å². The van der Waals surface area contributed by atoms with Gasteiger partial charge in [-0.15, -0.1) is 36.2 Å². The fourth-order valence-electron chi connectivity index (χ4n) is 4.76. The number of nitrogens with zero attached hydrogens (tertiary/aromatic N) is 1. The number of halogens is 3. The summed E-state index contributed by atoms with van der Waals surface area (Å²) < 4.78 is 13.1. The molecule has 2 bridgehead atoms. The van der Waals surface area contributed by atoms with Crippen molar-refractivity contribution in [2.24, 2.45) is 17.6 Å². The number of carbonyl (C=O) groups is 1. The van der Waals surface area contributed by atoms with E-state index in [1.807, 2.05) is 6.92 Å². The fraction of sp³-hybridized carbons (Fsp3) is 0.524. The zero-order valence-corrected chi connectivity index (χ0v) is 18.8. The van der Waals surface area contributed by atoms with E-state index in [2.05, 4.69) is 10.3 Å². The van der Waals surface area contributed by atoms with Crippen molar-refractivity contribution in [3.05, 3.63) is 51.2 Å². The molecule has 2 unspecified atom stereocenters. The number of nitrogens with two attached hydrogens (primary N) is 1. The minimum absolute atomic E-state index is 0. The molecular formula is C21H28Cl2FN3OS. The summed E-state index contributed by atoms with van der Waals surface area (Å²) in [6.07, 6.45) is 6.20. The zero-order chi connectivity index (χ0) is 19.0. The van der Waals surface area contributed by atoms with E-state index in [1.54, 1.807) is 12.1 Å². The van der Waals surface area contributed by atoms with Crippen LogP contribution in [0.3, 0.4) is 0 Å². The number of nitrogens with one attached hydrogen (secondary N) is 1. The topological polar surface area (TPSA) is 68.0 Å². The summed E-state index contributed by atoms with van der Waals surface area (Å²) in [7, 11) is 0. The molecule has 0 radical (unpaired) electrons. The lowest BCUT2D eigenvalue weighted by atomic mass is 9.67. The van der Waals surface area contributed by atoms with Gasteiger partial charge in [0, 0.05) is 18.5 Å². The highest BCUT2D eigenvalue weighted by molar-refractivity contribution is 7.13. The van der Waals surface area contributed by atoms with Crippen LogP contribution in [-0.4, -0.2) is 23.0 Å². The Morgan fingerprint density at radius 1 is 1.21 bits per heavy atom. The first-order chi connectivity index (χ1) is 13.0. The molecule has 2 saturated carbocycles. The number of carbonyl (C=O) groups excluding carboxylic acids is 1. The minimum atomic E-state index is -0.244. The van der Waals surface area contributed by atoms with Crippen LogP contribution >= 0.6 is 36.2 Å². The number of hydrogen-bond acceptors (Lipinski definition) is 4. The summed E-state index contributed by atoms with van der Waals surface area (Å²) >= 11 is 1.44. The van der Waals surface area contributed by atoms with Crippen LogP contribution in [0.4, 0.5) is 4.39 Å². The third kappa shape index (κ3) is 5.48. The number of hydrogen-bond donors (Lipinski definition) is 2. The van der Waals surface area contributed by atoms with Crippen LogP contribution in [0, 0.1) is 24.6 Å². The molecule has 29 heavy (non-hydrogen) atoms. The molecule has 160 valence electrons. The molecule has 2 fully saturated rings. The van der Waals surface area contributed by atoms with E-state index >= 15 is 0 Å². The largest absolute Gasteiger partial charge is 0.348 e. The van der Waals surface area contributed by atoms with Crippen LogP contribution in [0.5, 0.6) is 0 Å².